The van der Waals surface area contributed by atoms with Gasteiger partial charge in [-0.05, 0) is 54.8 Å². The number of H-pyrrole nitrogens is 1. The Labute approximate surface area is 158 Å². The van der Waals surface area contributed by atoms with Gasteiger partial charge >= 0.3 is 0 Å². The molecule has 27 heavy (non-hydrogen) atoms. The number of pyridine rings is 1. The van der Waals surface area contributed by atoms with Crippen molar-refractivity contribution in [3.8, 4) is 0 Å². The van der Waals surface area contributed by atoms with Gasteiger partial charge in [-0.15, -0.1) is 0 Å². The van der Waals surface area contributed by atoms with Crippen LogP contribution in [0.3, 0.4) is 0 Å². The Morgan fingerprint density at radius 3 is 2.67 bits per heavy atom. The number of fused-ring (bicyclic) bond motifs is 1. The van der Waals surface area contributed by atoms with E-state index in [1.54, 1.807) is 18.3 Å². The normalized spacial score (nSPS) is 12.3. The second-order valence-corrected chi connectivity index (χ2v) is 6.75. The highest BCUT2D eigenvalue weighted by molar-refractivity contribution is 5.86. The van der Waals surface area contributed by atoms with Gasteiger partial charge in [0.1, 0.15) is 11.6 Å². The molecule has 0 saturated heterocycles. The number of aromatic nitrogens is 2. The molecule has 2 heterocycles. The number of aromatic amines is 1. The summed E-state index contributed by atoms with van der Waals surface area (Å²) in [5, 5.41) is 4.64. The lowest BCUT2D eigenvalue weighted by molar-refractivity contribution is 0.622. The SMILES string of the molecule is CCc1cc(F)cc(C(Nc2ccccn2)c2c(C)[nH]c3ccccc23)c1. The summed E-state index contributed by atoms with van der Waals surface area (Å²) in [7, 11) is 0. The van der Waals surface area contributed by atoms with E-state index in [-0.39, 0.29) is 11.9 Å². The first-order chi connectivity index (χ1) is 13.2. The van der Waals surface area contributed by atoms with Crippen molar-refractivity contribution in [1.29, 1.82) is 0 Å². The molecule has 0 aliphatic carbocycles. The zero-order valence-electron chi connectivity index (χ0n) is 15.5. The molecule has 1 atom stereocenters. The van der Waals surface area contributed by atoms with Crippen LogP contribution in [0.2, 0.25) is 0 Å². The van der Waals surface area contributed by atoms with Gasteiger partial charge in [-0.1, -0.05) is 37.3 Å². The van der Waals surface area contributed by atoms with Gasteiger partial charge in [0.25, 0.3) is 0 Å². The number of anilines is 1. The smallest absolute Gasteiger partial charge is 0.126 e. The first kappa shape index (κ1) is 17.3. The fourth-order valence-electron chi connectivity index (χ4n) is 3.63. The Morgan fingerprint density at radius 1 is 1.07 bits per heavy atom. The van der Waals surface area contributed by atoms with Gasteiger partial charge in [-0.3, -0.25) is 0 Å². The van der Waals surface area contributed by atoms with Crippen molar-refractivity contribution < 1.29 is 4.39 Å². The summed E-state index contributed by atoms with van der Waals surface area (Å²) in [5.41, 5.74) is 5.13. The summed E-state index contributed by atoms with van der Waals surface area (Å²) in [6.07, 6.45) is 2.54. The van der Waals surface area contributed by atoms with Gasteiger partial charge in [0.05, 0.1) is 6.04 Å². The number of halogens is 1. The molecule has 0 radical (unpaired) electrons. The first-order valence-electron chi connectivity index (χ1n) is 9.20. The van der Waals surface area contributed by atoms with Crippen LogP contribution in [0.1, 0.15) is 35.3 Å². The maximum Gasteiger partial charge on any atom is 0.126 e. The fourth-order valence-corrected chi connectivity index (χ4v) is 3.63. The summed E-state index contributed by atoms with van der Waals surface area (Å²) >= 11 is 0. The number of benzene rings is 2. The van der Waals surface area contributed by atoms with Crippen molar-refractivity contribution in [1.82, 2.24) is 9.97 Å². The molecule has 0 amide bonds. The standard InChI is InChI=1S/C23H22FN3/c1-3-16-12-17(14-18(24)13-16)23(27-21-10-6-7-11-25-21)22-15(2)26-20-9-5-4-8-19(20)22/h4-14,23,26H,3H2,1-2H3,(H,25,27). The topological polar surface area (TPSA) is 40.7 Å². The van der Waals surface area contributed by atoms with Gasteiger partial charge in [0.15, 0.2) is 0 Å². The lowest BCUT2D eigenvalue weighted by atomic mass is 9.94. The summed E-state index contributed by atoms with van der Waals surface area (Å²) in [6, 6.07) is 19.0. The van der Waals surface area contributed by atoms with E-state index >= 15 is 0 Å². The summed E-state index contributed by atoms with van der Waals surface area (Å²) in [6.45, 7) is 4.10. The van der Waals surface area contributed by atoms with Gasteiger partial charge in [-0.25, -0.2) is 9.37 Å². The Hall–Kier alpha value is -3.14. The van der Waals surface area contributed by atoms with Gasteiger partial charge in [-0.2, -0.15) is 0 Å². The molecule has 0 aliphatic rings. The van der Waals surface area contributed by atoms with E-state index in [9.17, 15) is 4.39 Å². The lowest BCUT2D eigenvalue weighted by Gasteiger charge is -2.22. The van der Waals surface area contributed by atoms with E-state index in [1.165, 1.54) is 0 Å². The Balaban J connectivity index is 1.90. The van der Waals surface area contributed by atoms with E-state index in [0.29, 0.717) is 0 Å². The third kappa shape index (κ3) is 3.43. The molecule has 3 nitrogen and oxygen atoms in total. The van der Waals surface area contributed by atoms with Crippen LogP contribution < -0.4 is 5.32 Å². The average Bonchev–Trinajstić information content (AvgIpc) is 3.02. The molecule has 0 aliphatic heterocycles. The molecule has 2 aromatic carbocycles. The molecule has 4 aromatic rings. The maximum atomic E-state index is 14.3. The van der Waals surface area contributed by atoms with Crippen LogP contribution in [-0.2, 0) is 6.42 Å². The van der Waals surface area contributed by atoms with E-state index in [1.807, 2.05) is 37.3 Å². The molecule has 4 heteroatoms. The van der Waals surface area contributed by atoms with E-state index in [4.69, 9.17) is 0 Å². The van der Waals surface area contributed by atoms with Crippen molar-refractivity contribution in [2.75, 3.05) is 5.32 Å². The van der Waals surface area contributed by atoms with Crippen LogP contribution in [-0.4, -0.2) is 9.97 Å². The third-order valence-corrected chi connectivity index (χ3v) is 4.91. The zero-order valence-corrected chi connectivity index (χ0v) is 15.5. The number of para-hydroxylation sites is 1. The molecule has 0 spiro atoms. The molecule has 1 unspecified atom stereocenters. The van der Waals surface area contributed by atoms with Gasteiger partial charge < -0.3 is 10.3 Å². The van der Waals surface area contributed by atoms with E-state index in [2.05, 4.69) is 40.4 Å². The second kappa shape index (κ2) is 7.23. The van der Waals surface area contributed by atoms with E-state index < -0.39 is 0 Å². The van der Waals surface area contributed by atoms with Crippen LogP contribution in [0, 0.1) is 12.7 Å². The van der Waals surface area contributed by atoms with E-state index in [0.717, 1.165) is 45.5 Å². The molecular weight excluding hydrogens is 337 g/mol. The van der Waals surface area contributed by atoms with Crippen molar-refractivity contribution >= 4 is 16.7 Å². The largest absolute Gasteiger partial charge is 0.359 e. The van der Waals surface area contributed by atoms with Gasteiger partial charge in [0.2, 0.25) is 0 Å². The predicted octanol–water partition coefficient (Wildman–Crippen LogP) is 5.77. The molecule has 0 fully saturated rings. The number of hydrogen-bond acceptors (Lipinski definition) is 2. The molecule has 136 valence electrons. The van der Waals surface area contributed by atoms with Crippen molar-refractivity contribution in [2.45, 2.75) is 26.3 Å². The molecule has 0 saturated carbocycles. The lowest BCUT2D eigenvalue weighted by Crippen LogP contribution is -2.14. The highest BCUT2D eigenvalue weighted by Gasteiger charge is 2.22. The number of rotatable bonds is 5. The van der Waals surface area contributed by atoms with Crippen LogP contribution in [0.4, 0.5) is 10.2 Å². The highest BCUT2D eigenvalue weighted by Crippen LogP contribution is 2.35. The fraction of sp³-hybridized carbons (Fsp3) is 0.174. The number of nitrogens with zero attached hydrogens (tertiary/aromatic N) is 1. The molecule has 2 aromatic heterocycles. The maximum absolute atomic E-state index is 14.3. The summed E-state index contributed by atoms with van der Waals surface area (Å²) in [4.78, 5) is 7.87. The van der Waals surface area contributed by atoms with Crippen LogP contribution in [0.5, 0.6) is 0 Å². The van der Waals surface area contributed by atoms with Crippen molar-refractivity contribution in [2.24, 2.45) is 0 Å². The van der Waals surface area contributed by atoms with Crippen LogP contribution in [0.25, 0.3) is 10.9 Å². The quantitative estimate of drug-likeness (QED) is 0.474. The van der Waals surface area contributed by atoms with Crippen LogP contribution >= 0.6 is 0 Å². The molecule has 2 N–H and O–H groups in total. The monoisotopic (exact) mass is 359 g/mol. The van der Waals surface area contributed by atoms with Crippen molar-refractivity contribution in [3.05, 3.63) is 95.1 Å². The molecule has 4 rings (SSSR count). The minimum atomic E-state index is -0.213. The molecular formula is C23H22FN3. The highest BCUT2D eigenvalue weighted by atomic mass is 19.1. The Morgan fingerprint density at radius 2 is 1.89 bits per heavy atom. The Kier molecular flexibility index (Phi) is 4.63. The zero-order chi connectivity index (χ0) is 18.8. The first-order valence-corrected chi connectivity index (χ1v) is 9.20. The minimum Gasteiger partial charge on any atom is -0.359 e. The number of nitrogens with one attached hydrogen (secondary N) is 2. The van der Waals surface area contributed by atoms with Crippen LogP contribution in [0.15, 0.2) is 66.9 Å². The Bertz CT molecular complexity index is 1070. The number of hydrogen-bond donors (Lipinski definition) is 2. The van der Waals surface area contributed by atoms with Gasteiger partial charge in [0, 0.05) is 28.4 Å². The summed E-state index contributed by atoms with van der Waals surface area (Å²) in [5.74, 6) is 0.546. The minimum absolute atomic E-state index is 0.211. The molecule has 0 bridgehead atoms. The third-order valence-electron chi connectivity index (χ3n) is 4.91. The average molecular weight is 359 g/mol. The summed E-state index contributed by atoms with van der Waals surface area (Å²) < 4.78 is 14.3. The van der Waals surface area contributed by atoms with Crippen molar-refractivity contribution in [3.63, 3.8) is 0 Å². The number of aryl methyl sites for hydroxylation is 2. The second-order valence-electron chi connectivity index (χ2n) is 6.75. The predicted molar refractivity (Wildman–Crippen MR) is 109 cm³/mol.